The third-order valence-electron chi connectivity index (χ3n) is 2.94. The minimum atomic E-state index is -1.50. The number of hydrogen-bond acceptors (Lipinski definition) is 5. The topological polar surface area (TPSA) is 99.0 Å². The lowest BCUT2D eigenvalue weighted by Crippen LogP contribution is -2.33. The third-order valence-corrected chi connectivity index (χ3v) is 2.94. The molecule has 1 saturated carbocycles. The molecule has 0 bridgehead atoms. The van der Waals surface area contributed by atoms with Crippen molar-refractivity contribution >= 4 is 6.09 Å². The third kappa shape index (κ3) is 9.33. The van der Waals surface area contributed by atoms with Crippen molar-refractivity contribution in [3.8, 4) is 0 Å². The lowest BCUT2D eigenvalue weighted by atomic mass is 10.2. The van der Waals surface area contributed by atoms with Crippen LogP contribution in [0, 0.1) is 0 Å². The Bertz CT molecular complexity index is 438. The quantitative estimate of drug-likeness (QED) is 0.635. The van der Waals surface area contributed by atoms with Gasteiger partial charge in [-0.05, 0) is 38.7 Å². The predicted molar refractivity (Wildman–Crippen MR) is 81.9 cm³/mol. The summed E-state index contributed by atoms with van der Waals surface area (Å²) in [7, 11) is 0. The second-order valence-corrected chi connectivity index (χ2v) is 5.86. The first kappa shape index (κ1) is 18.4. The minimum Gasteiger partial charge on any atom is -0.445 e. The molecule has 1 aromatic rings. The number of alkyl carbamates (subject to hydrolysis) is 1. The van der Waals surface area contributed by atoms with Crippen molar-refractivity contribution in [3.05, 3.63) is 35.9 Å². The lowest BCUT2D eigenvalue weighted by Gasteiger charge is -2.12. The monoisotopic (exact) mass is 311 g/mol. The number of benzene rings is 1. The van der Waals surface area contributed by atoms with E-state index in [1.165, 1.54) is 13.8 Å². The van der Waals surface area contributed by atoms with Gasteiger partial charge in [0, 0.05) is 6.04 Å². The van der Waals surface area contributed by atoms with E-state index in [1.807, 2.05) is 30.3 Å². The normalized spacial score (nSPS) is 20.8. The van der Waals surface area contributed by atoms with Crippen LogP contribution in [0.25, 0.3) is 0 Å². The van der Waals surface area contributed by atoms with Crippen LogP contribution in [0.15, 0.2) is 30.3 Å². The second kappa shape index (κ2) is 8.73. The predicted octanol–water partition coefficient (Wildman–Crippen LogP) is 1.53. The highest BCUT2D eigenvalue weighted by molar-refractivity contribution is 5.67. The van der Waals surface area contributed by atoms with E-state index in [1.54, 1.807) is 0 Å². The second-order valence-electron chi connectivity index (χ2n) is 5.86. The number of amides is 1. The van der Waals surface area contributed by atoms with Crippen LogP contribution in [0.4, 0.5) is 4.79 Å². The van der Waals surface area contributed by atoms with E-state index in [9.17, 15) is 9.90 Å². The maximum atomic E-state index is 11.5. The van der Waals surface area contributed by atoms with Gasteiger partial charge in [-0.25, -0.2) is 4.79 Å². The standard InChI is InChI=1S/C13H17NO3.C3H8O2/c15-12-7-6-11(8-12)14-13(16)17-9-10-4-2-1-3-5-10;1-3(2,4)5/h1-5,11-12,15H,6-9H2,(H,14,16);4-5H,1-2H3/t11-,12+;/m0./s1. The van der Waals surface area contributed by atoms with Crippen molar-refractivity contribution in [1.82, 2.24) is 5.32 Å². The number of aliphatic hydroxyl groups is 3. The van der Waals surface area contributed by atoms with Crippen LogP contribution in [-0.4, -0.2) is 39.3 Å². The Hall–Kier alpha value is -1.63. The van der Waals surface area contributed by atoms with Crippen LogP contribution in [0.1, 0.15) is 38.7 Å². The summed E-state index contributed by atoms with van der Waals surface area (Å²) in [6, 6.07) is 9.60. The summed E-state index contributed by atoms with van der Waals surface area (Å²) in [5.74, 6) is -1.50. The van der Waals surface area contributed by atoms with Gasteiger partial charge in [0.25, 0.3) is 0 Å². The zero-order valence-corrected chi connectivity index (χ0v) is 13.0. The first-order chi connectivity index (χ1) is 10.2. The largest absolute Gasteiger partial charge is 0.445 e. The molecular formula is C16H25NO5. The summed E-state index contributed by atoms with van der Waals surface area (Å²) in [6.07, 6.45) is 1.51. The molecule has 124 valence electrons. The van der Waals surface area contributed by atoms with Gasteiger partial charge in [-0.2, -0.15) is 0 Å². The number of ether oxygens (including phenoxy) is 1. The zero-order valence-electron chi connectivity index (χ0n) is 13.0. The Morgan fingerprint density at radius 2 is 1.86 bits per heavy atom. The summed E-state index contributed by atoms with van der Waals surface area (Å²) in [6.45, 7) is 2.88. The molecule has 0 aromatic heterocycles. The Labute approximate surface area is 130 Å². The summed E-state index contributed by atoms with van der Waals surface area (Å²) < 4.78 is 5.09. The van der Waals surface area contributed by atoms with Gasteiger partial charge in [-0.1, -0.05) is 30.3 Å². The number of carbonyl (C=O) groups excluding carboxylic acids is 1. The van der Waals surface area contributed by atoms with Gasteiger partial charge in [0.05, 0.1) is 6.10 Å². The molecule has 6 nitrogen and oxygen atoms in total. The van der Waals surface area contributed by atoms with E-state index < -0.39 is 11.9 Å². The number of hydrogen-bond donors (Lipinski definition) is 4. The van der Waals surface area contributed by atoms with Crippen molar-refractivity contribution in [2.24, 2.45) is 0 Å². The molecule has 1 amide bonds. The Kier molecular flexibility index (Phi) is 7.31. The fourth-order valence-electron chi connectivity index (χ4n) is 2.02. The number of nitrogens with one attached hydrogen (secondary N) is 1. The molecule has 1 aliphatic carbocycles. The molecule has 1 fully saturated rings. The van der Waals surface area contributed by atoms with E-state index in [2.05, 4.69) is 5.32 Å². The maximum Gasteiger partial charge on any atom is 0.407 e. The van der Waals surface area contributed by atoms with Crippen molar-refractivity contribution in [2.75, 3.05) is 0 Å². The van der Waals surface area contributed by atoms with E-state index in [-0.39, 0.29) is 18.8 Å². The van der Waals surface area contributed by atoms with Gasteiger partial charge in [0.1, 0.15) is 6.61 Å². The van der Waals surface area contributed by atoms with Crippen molar-refractivity contribution < 1.29 is 24.9 Å². The van der Waals surface area contributed by atoms with Crippen LogP contribution in [0.5, 0.6) is 0 Å². The number of rotatable bonds is 3. The fourth-order valence-corrected chi connectivity index (χ4v) is 2.02. The maximum absolute atomic E-state index is 11.5. The van der Waals surface area contributed by atoms with Crippen LogP contribution in [0.2, 0.25) is 0 Å². The van der Waals surface area contributed by atoms with E-state index >= 15 is 0 Å². The van der Waals surface area contributed by atoms with Crippen LogP contribution in [-0.2, 0) is 11.3 Å². The summed E-state index contributed by atoms with van der Waals surface area (Å²) in [5, 5.41) is 28.2. The molecule has 2 rings (SSSR count). The highest BCUT2D eigenvalue weighted by Crippen LogP contribution is 2.18. The number of aliphatic hydroxyl groups excluding tert-OH is 1. The molecular weight excluding hydrogens is 286 g/mol. The Balaban J connectivity index is 0.000000422. The van der Waals surface area contributed by atoms with Gasteiger partial charge in [-0.3, -0.25) is 0 Å². The molecule has 1 aliphatic rings. The summed E-state index contributed by atoms with van der Waals surface area (Å²) in [4.78, 5) is 11.5. The molecule has 0 heterocycles. The Morgan fingerprint density at radius 3 is 2.36 bits per heavy atom. The molecule has 2 atom stereocenters. The first-order valence-corrected chi connectivity index (χ1v) is 7.34. The van der Waals surface area contributed by atoms with Crippen molar-refractivity contribution in [1.29, 1.82) is 0 Å². The van der Waals surface area contributed by atoms with E-state index in [4.69, 9.17) is 14.9 Å². The lowest BCUT2D eigenvalue weighted by molar-refractivity contribution is -0.127. The van der Waals surface area contributed by atoms with E-state index in [0.29, 0.717) is 6.42 Å². The average Bonchev–Trinajstić information content (AvgIpc) is 2.81. The highest BCUT2D eigenvalue weighted by atomic mass is 16.5. The van der Waals surface area contributed by atoms with Crippen LogP contribution < -0.4 is 5.32 Å². The Morgan fingerprint density at radius 1 is 1.27 bits per heavy atom. The first-order valence-electron chi connectivity index (χ1n) is 7.34. The van der Waals surface area contributed by atoms with Gasteiger partial charge in [0.2, 0.25) is 0 Å². The summed E-state index contributed by atoms with van der Waals surface area (Å²) in [5.41, 5.74) is 0.967. The van der Waals surface area contributed by atoms with Crippen molar-refractivity contribution in [3.63, 3.8) is 0 Å². The molecule has 4 N–H and O–H groups in total. The van der Waals surface area contributed by atoms with Gasteiger partial charge >= 0.3 is 6.09 Å². The van der Waals surface area contributed by atoms with Crippen LogP contribution >= 0.6 is 0 Å². The minimum absolute atomic E-state index is 0.0493. The van der Waals surface area contributed by atoms with Crippen molar-refractivity contribution in [2.45, 2.75) is 57.6 Å². The summed E-state index contributed by atoms with van der Waals surface area (Å²) >= 11 is 0. The zero-order chi connectivity index (χ0) is 16.6. The fraction of sp³-hybridized carbons (Fsp3) is 0.562. The molecule has 0 radical (unpaired) electrons. The van der Waals surface area contributed by atoms with Gasteiger partial charge in [-0.15, -0.1) is 0 Å². The molecule has 0 saturated heterocycles. The van der Waals surface area contributed by atoms with Crippen LogP contribution in [0.3, 0.4) is 0 Å². The smallest absolute Gasteiger partial charge is 0.407 e. The van der Waals surface area contributed by atoms with E-state index in [0.717, 1.165) is 18.4 Å². The SMILES string of the molecule is CC(C)(O)O.O=C(N[C@H]1CC[C@@H](O)C1)OCc1ccccc1. The van der Waals surface area contributed by atoms with Gasteiger partial charge < -0.3 is 25.4 Å². The molecule has 1 aromatic carbocycles. The highest BCUT2D eigenvalue weighted by Gasteiger charge is 2.24. The number of carbonyl (C=O) groups is 1. The molecule has 0 aliphatic heterocycles. The molecule has 0 spiro atoms. The molecule has 0 unspecified atom stereocenters. The van der Waals surface area contributed by atoms with Gasteiger partial charge in [0.15, 0.2) is 5.79 Å². The molecule has 22 heavy (non-hydrogen) atoms. The molecule has 6 heteroatoms. The average molecular weight is 311 g/mol.